The lowest BCUT2D eigenvalue weighted by Crippen LogP contribution is -2.46. The Morgan fingerprint density at radius 1 is 1.28 bits per heavy atom. The molecule has 0 bridgehead atoms. The van der Waals surface area contributed by atoms with Crippen molar-refractivity contribution < 1.29 is 37.2 Å². The zero-order chi connectivity index (χ0) is 23.6. The molecule has 2 heterocycles. The van der Waals surface area contributed by atoms with Crippen LogP contribution in [0, 0.1) is 12.8 Å². The number of fused-ring (bicyclic) bond motifs is 1. The number of ether oxygens (including phenoxy) is 1. The second kappa shape index (κ2) is 9.29. The maximum absolute atomic E-state index is 12.8. The standard InChI is InChI=1S/C21H22BF3N2O5/c1-11(2)18(20(29)31-9-13-4-7-16(26-8-13)21(23,24)25)27-19(28)15-6-5-14-10-32-22(30)17(14)12(15)3/h4-8,11,18,30H,9-10H2,1-3H3,(H,27,28)/t18-/m0/s1. The number of amides is 1. The van der Waals surface area contributed by atoms with E-state index in [4.69, 9.17) is 9.39 Å². The number of carbonyl (C=O) groups excluding carboxylic acids is 2. The molecule has 7 nitrogen and oxygen atoms in total. The first-order chi connectivity index (χ1) is 15.0. The van der Waals surface area contributed by atoms with Crippen molar-refractivity contribution in [3.8, 4) is 0 Å². The van der Waals surface area contributed by atoms with Crippen LogP contribution >= 0.6 is 0 Å². The number of nitrogens with one attached hydrogen (secondary N) is 1. The van der Waals surface area contributed by atoms with Gasteiger partial charge in [0, 0.05) is 17.3 Å². The van der Waals surface area contributed by atoms with Gasteiger partial charge in [-0.1, -0.05) is 26.0 Å². The molecule has 1 amide bonds. The molecule has 11 heteroatoms. The zero-order valence-electron chi connectivity index (χ0n) is 17.7. The van der Waals surface area contributed by atoms with E-state index in [0.717, 1.165) is 17.8 Å². The van der Waals surface area contributed by atoms with E-state index in [2.05, 4.69) is 10.3 Å². The minimum atomic E-state index is -4.56. The fourth-order valence-corrected chi connectivity index (χ4v) is 3.39. The molecule has 2 aromatic rings. The lowest BCUT2D eigenvalue weighted by atomic mass is 9.75. The summed E-state index contributed by atoms with van der Waals surface area (Å²) in [6, 6.07) is 4.28. The van der Waals surface area contributed by atoms with E-state index in [1.54, 1.807) is 32.9 Å². The van der Waals surface area contributed by atoms with Crippen molar-refractivity contribution in [3.05, 3.63) is 58.4 Å². The van der Waals surface area contributed by atoms with Gasteiger partial charge in [-0.25, -0.2) is 4.79 Å². The molecular formula is C21H22BF3N2O5. The third kappa shape index (κ3) is 5.10. The number of alkyl halides is 3. The molecular weight excluding hydrogens is 428 g/mol. The molecule has 0 aliphatic carbocycles. The van der Waals surface area contributed by atoms with Crippen LogP contribution in [0.15, 0.2) is 30.5 Å². The topological polar surface area (TPSA) is 97.8 Å². The minimum Gasteiger partial charge on any atom is -0.459 e. The fraction of sp³-hybridized carbons (Fsp3) is 0.381. The van der Waals surface area contributed by atoms with Gasteiger partial charge in [-0.05, 0) is 41.6 Å². The van der Waals surface area contributed by atoms with Crippen molar-refractivity contribution in [1.82, 2.24) is 10.3 Å². The summed E-state index contributed by atoms with van der Waals surface area (Å²) >= 11 is 0. The van der Waals surface area contributed by atoms with Crippen molar-refractivity contribution in [1.29, 1.82) is 0 Å². The molecule has 0 fully saturated rings. The Bertz CT molecular complexity index is 1010. The van der Waals surface area contributed by atoms with E-state index in [9.17, 15) is 27.8 Å². The molecule has 1 aliphatic heterocycles. The Labute approximate surface area is 183 Å². The summed E-state index contributed by atoms with van der Waals surface area (Å²) < 4.78 is 48.2. The maximum Gasteiger partial charge on any atom is 0.492 e. The average Bonchev–Trinajstić information content (AvgIpc) is 3.11. The Morgan fingerprint density at radius 2 is 2.00 bits per heavy atom. The van der Waals surface area contributed by atoms with E-state index >= 15 is 0 Å². The second-order valence-electron chi connectivity index (χ2n) is 7.83. The first-order valence-electron chi connectivity index (χ1n) is 9.90. The van der Waals surface area contributed by atoms with Crippen molar-refractivity contribution in [2.24, 2.45) is 5.92 Å². The highest BCUT2D eigenvalue weighted by Crippen LogP contribution is 2.27. The number of halogens is 3. The van der Waals surface area contributed by atoms with E-state index in [1.807, 2.05) is 0 Å². The van der Waals surface area contributed by atoms with Crippen LogP contribution in [0.4, 0.5) is 13.2 Å². The third-order valence-corrected chi connectivity index (χ3v) is 5.20. The summed E-state index contributed by atoms with van der Waals surface area (Å²) in [6.45, 7) is 5.09. The largest absolute Gasteiger partial charge is 0.492 e. The minimum absolute atomic E-state index is 0.249. The third-order valence-electron chi connectivity index (χ3n) is 5.20. The Balaban J connectivity index is 1.67. The summed E-state index contributed by atoms with van der Waals surface area (Å²) in [7, 11) is -1.11. The van der Waals surface area contributed by atoms with Gasteiger partial charge < -0.3 is 19.7 Å². The molecule has 0 radical (unpaired) electrons. The number of hydrogen-bond donors (Lipinski definition) is 2. The van der Waals surface area contributed by atoms with E-state index in [0.29, 0.717) is 16.6 Å². The highest BCUT2D eigenvalue weighted by Gasteiger charge is 2.33. The van der Waals surface area contributed by atoms with E-state index < -0.39 is 36.9 Å². The number of nitrogens with zero attached hydrogens (tertiary/aromatic N) is 1. The van der Waals surface area contributed by atoms with Crippen LogP contribution in [0.1, 0.15) is 46.6 Å². The summed E-state index contributed by atoms with van der Waals surface area (Å²) in [6.07, 6.45) is -3.57. The number of esters is 1. The summed E-state index contributed by atoms with van der Waals surface area (Å²) in [5.41, 5.74) is 1.41. The predicted octanol–water partition coefficient (Wildman–Crippen LogP) is 2.12. The number of benzene rings is 1. The van der Waals surface area contributed by atoms with Gasteiger partial charge in [0.1, 0.15) is 18.3 Å². The van der Waals surface area contributed by atoms with Crippen LogP contribution in [0.5, 0.6) is 0 Å². The molecule has 1 aromatic carbocycles. The van der Waals surface area contributed by atoms with Gasteiger partial charge >= 0.3 is 19.3 Å². The lowest BCUT2D eigenvalue weighted by molar-refractivity contribution is -0.148. The zero-order valence-corrected chi connectivity index (χ0v) is 17.7. The highest BCUT2D eigenvalue weighted by atomic mass is 19.4. The Kier molecular flexibility index (Phi) is 6.89. The molecule has 0 spiro atoms. The van der Waals surface area contributed by atoms with Gasteiger partial charge in [0.2, 0.25) is 0 Å². The van der Waals surface area contributed by atoms with Crippen LogP contribution in [-0.2, 0) is 33.6 Å². The predicted molar refractivity (Wildman–Crippen MR) is 109 cm³/mol. The van der Waals surface area contributed by atoms with Crippen LogP contribution in [0.3, 0.4) is 0 Å². The molecule has 170 valence electrons. The lowest BCUT2D eigenvalue weighted by Gasteiger charge is -2.22. The number of aromatic nitrogens is 1. The summed E-state index contributed by atoms with van der Waals surface area (Å²) in [5, 5.41) is 12.6. The highest BCUT2D eigenvalue weighted by molar-refractivity contribution is 6.62. The van der Waals surface area contributed by atoms with E-state index in [1.165, 1.54) is 6.07 Å². The quantitative estimate of drug-likeness (QED) is 0.517. The van der Waals surface area contributed by atoms with Crippen molar-refractivity contribution in [3.63, 3.8) is 0 Å². The van der Waals surface area contributed by atoms with Crippen LogP contribution in [0.25, 0.3) is 0 Å². The molecule has 1 atom stereocenters. The second-order valence-corrected chi connectivity index (χ2v) is 7.83. The molecule has 1 aromatic heterocycles. The Morgan fingerprint density at radius 3 is 2.59 bits per heavy atom. The van der Waals surface area contributed by atoms with Gasteiger partial charge in [-0.3, -0.25) is 9.78 Å². The molecule has 32 heavy (non-hydrogen) atoms. The number of pyridine rings is 1. The first kappa shape index (κ1) is 23.7. The van der Waals surface area contributed by atoms with Gasteiger partial charge in [0.15, 0.2) is 0 Å². The summed E-state index contributed by atoms with van der Waals surface area (Å²) in [5.74, 6) is -1.56. The van der Waals surface area contributed by atoms with Crippen LogP contribution in [0.2, 0.25) is 0 Å². The van der Waals surface area contributed by atoms with Crippen LogP contribution in [-0.4, -0.2) is 35.0 Å². The average molecular weight is 450 g/mol. The fourth-order valence-electron chi connectivity index (χ4n) is 3.39. The van der Waals surface area contributed by atoms with E-state index in [-0.39, 0.29) is 24.7 Å². The molecule has 0 saturated heterocycles. The molecule has 0 unspecified atom stereocenters. The molecule has 0 saturated carbocycles. The van der Waals surface area contributed by atoms with Crippen molar-refractivity contribution >= 4 is 24.5 Å². The normalized spacial score (nSPS) is 14.3. The molecule has 2 N–H and O–H groups in total. The van der Waals surface area contributed by atoms with Crippen molar-refractivity contribution in [2.45, 2.75) is 46.2 Å². The molecule has 3 rings (SSSR count). The number of hydrogen-bond acceptors (Lipinski definition) is 6. The Hall–Kier alpha value is -2.92. The monoisotopic (exact) mass is 450 g/mol. The van der Waals surface area contributed by atoms with Gasteiger partial charge in [-0.15, -0.1) is 0 Å². The molecule has 1 aliphatic rings. The van der Waals surface area contributed by atoms with Gasteiger partial charge in [-0.2, -0.15) is 13.2 Å². The smallest absolute Gasteiger partial charge is 0.459 e. The van der Waals surface area contributed by atoms with Crippen molar-refractivity contribution in [2.75, 3.05) is 0 Å². The SMILES string of the molecule is Cc1c(C(=O)N[C@H](C(=O)OCc2ccc(C(F)(F)F)nc2)C(C)C)ccc2c1B(O)OC2. The van der Waals surface area contributed by atoms with Gasteiger partial charge in [0.05, 0.1) is 6.61 Å². The number of rotatable bonds is 6. The first-order valence-corrected chi connectivity index (χ1v) is 9.90. The van der Waals surface area contributed by atoms with Gasteiger partial charge in [0.25, 0.3) is 5.91 Å². The maximum atomic E-state index is 12.8. The summed E-state index contributed by atoms with van der Waals surface area (Å²) in [4.78, 5) is 28.7. The van der Waals surface area contributed by atoms with Crippen LogP contribution < -0.4 is 10.8 Å². The number of carbonyl (C=O) groups is 2.